The van der Waals surface area contributed by atoms with Gasteiger partial charge in [0.05, 0.1) is 10.2 Å². The molecule has 1 aromatic heterocycles. The molecule has 0 saturated heterocycles. The second-order valence-electron chi connectivity index (χ2n) is 4.37. The summed E-state index contributed by atoms with van der Waals surface area (Å²) in [6, 6.07) is 6.20. The summed E-state index contributed by atoms with van der Waals surface area (Å²) >= 11 is 7.47. The number of hydrogen-bond acceptors (Lipinski definition) is 2. The highest BCUT2D eigenvalue weighted by atomic mass is 35.5. The Morgan fingerprint density at radius 1 is 1.29 bits per heavy atom. The van der Waals surface area contributed by atoms with E-state index in [2.05, 4.69) is 31.8 Å². The lowest BCUT2D eigenvalue weighted by Gasteiger charge is -2.19. The van der Waals surface area contributed by atoms with Crippen LogP contribution in [0.5, 0.6) is 0 Å². The van der Waals surface area contributed by atoms with E-state index in [4.69, 9.17) is 11.6 Å². The van der Waals surface area contributed by atoms with Crippen molar-refractivity contribution in [2.24, 2.45) is 0 Å². The maximum absolute atomic E-state index is 5.91. The van der Waals surface area contributed by atoms with Crippen LogP contribution in [0.1, 0.15) is 26.3 Å². The first-order chi connectivity index (χ1) is 6.48. The Hall–Kier alpha value is -0.600. The molecule has 2 rings (SSSR count). The molecule has 0 fully saturated rings. The van der Waals surface area contributed by atoms with Gasteiger partial charge in [0.2, 0.25) is 0 Å². The summed E-state index contributed by atoms with van der Waals surface area (Å²) in [5.41, 5.74) is 2.47. The molecular weight excluding hydrogens is 214 g/mol. The van der Waals surface area contributed by atoms with E-state index in [0.29, 0.717) is 4.47 Å². The number of halogens is 1. The van der Waals surface area contributed by atoms with Gasteiger partial charge in [0.25, 0.3) is 0 Å². The van der Waals surface area contributed by atoms with E-state index >= 15 is 0 Å². The lowest BCUT2D eigenvalue weighted by atomic mass is 9.87. The molecule has 0 unspecified atom stereocenters. The summed E-state index contributed by atoms with van der Waals surface area (Å²) in [6.45, 7) is 6.61. The first-order valence-electron chi connectivity index (χ1n) is 4.54. The average molecular weight is 226 g/mol. The number of nitrogens with zero attached hydrogens (tertiary/aromatic N) is 1. The first kappa shape index (κ1) is 9.94. The van der Waals surface area contributed by atoms with Gasteiger partial charge in [-0.1, -0.05) is 44.5 Å². The predicted octanol–water partition coefficient (Wildman–Crippen LogP) is 4.25. The van der Waals surface area contributed by atoms with E-state index in [9.17, 15) is 0 Å². The van der Waals surface area contributed by atoms with Gasteiger partial charge in [0.1, 0.15) is 0 Å². The van der Waals surface area contributed by atoms with Crippen LogP contribution in [0, 0.1) is 0 Å². The molecule has 0 aliphatic heterocycles. The zero-order valence-electron chi connectivity index (χ0n) is 8.47. The van der Waals surface area contributed by atoms with E-state index in [-0.39, 0.29) is 5.41 Å². The second-order valence-corrected chi connectivity index (χ2v) is 5.95. The lowest BCUT2D eigenvalue weighted by Crippen LogP contribution is -2.10. The summed E-state index contributed by atoms with van der Waals surface area (Å²) < 4.78 is 1.83. The number of rotatable bonds is 0. The van der Waals surface area contributed by atoms with Gasteiger partial charge in [-0.15, -0.1) is 11.3 Å². The molecule has 0 spiro atoms. The molecule has 3 heteroatoms. The molecule has 0 atom stereocenters. The summed E-state index contributed by atoms with van der Waals surface area (Å²) in [7, 11) is 0. The van der Waals surface area contributed by atoms with Gasteiger partial charge in [-0.2, -0.15) is 0 Å². The van der Waals surface area contributed by atoms with Crippen molar-refractivity contribution < 1.29 is 0 Å². The van der Waals surface area contributed by atoms with Crippen LogP contribution < -0.4 is 0 Å². The van der Waals surface area contributed by atoms with Crippen molar-refractivity contribution in [1.82, 2.24) is 4.98 Å². The Kier molecular flexibility index (Phi) is 2.28. The Bertz CT molecular complexity index is 468. The third-order valence-corrected chi connectivity index (χ3v) is 3.41. The normalized spacial score (nSPS) is 12.3. The lowest BCUT2D eigenvalue weighted by molar-refractivity contribution is 0.596. The molecule has 14 heavy (non-hydrogen) atoms. The van der Waals surface area contributed by atoms with Gasteiger partial charge in [-0.25, -0.2) is 4.98 Å². The van der Waals surface area contributed by atoms with Gasteiger partial charge in [0, 0.05) is 0 Å². The Labute approximate surface area is 92.7 Å². The third kappa shape index (κ3) is 1.64. The minimum atomic E-state index is 0.148. The summed E-state index contributed by atoms with van der Waals surface area (Å²) in [5, 5.41) is 0. The largest absolute Gasteiger partial charge is 0.225 e. The molecule has 0 N–H and O–H groups in total. The molecule has 1 aromatic carbocycles. The topological polar surface area (TPSA) is 12.9 Å². The monoisotopic (exact) mass is 225 g/mol. The van der Waals surface area contributed by atoms with Crippen molar-refractivity contribution in [3.05, 3.63) is 28.2 Å². The molecule has 0 aliphatic carbocycles. The van der Waals surface area contributed by atoms with E-state index < -0.39 is 0 Å². The smallest absolute Gasteiger partial charge is 0.184 e. The van der Waals surface area contributed by atoms with Crippen LogP contribution in [-0.4, -0.2) is 4.98 Å². The number of aromatic nitrogens is 1. The minimum absolute atomic E-state index is 0.148. The van der Waals surface area contributed by atoms with Gasteiger partial charge in [-0.3, -0.25) is 0 Å². The van der Waals surface area contributed by atoms with Gasteiger partial charge in [-0.05, 0) is 17.0 Å². The number of benzene rings is 1. The van der Waals surface area contributed by atoms with Crippen molar-refractivity contribution in [3.8, 4) is 0 Å². The second kappa shape index (κ2) is 3.21. The highest BCUT2D eigenvalue weighted by Gasteiger charge is 2.18. The summed E-state index contributed by atoms with van der Waals surface area (Å²) in [6.07, 6.45) is 0. The first-order valence-corrected chi connectivity index (χ1v) is 5.73. The van der Waals surface area contributed by atoms with Crippen LogP contribution in [0.15, 0.2) is 18.2 Å². The van der Waals surface area contributed by atoms with E-state index in [0.717, 1.165) is 5.52 Å². The number of fused-ring (bicyclic) bond motifs is 1. The van der Waals surface area contributed by atoms with Crippen LogP contribution >= 0.6 is 22.9 Å². The zero-order valence-corrected chi connectivity index (χ0v) is 10.0. The zero-order chi connectivity index (χ0) is 10.3. The molecule has 1 heterocycles. The quantitative estimate of drug-likeness (QED) is 0.653. The maximum Gasteiger partial charge on any atom is 0.184 e. The highest BCUT2D eigenvalue weighted by Crippen LogP contribution is 2.34. The molecule has 0 amide bonds. The van der Waals surface area contributed by atoms with Gasteiger partial charge >= 0.3 is 0 Å². The fourth-order valence-corrected chi connectivity index (χ4v) is 2.85. The van der Waals surface area contributed by atoms with Crippen LogP contribution in [0.3, 0.4) is 0 Å². The van der Waals surface area contributed by atoms with Crippen LogP contribution in [0.25, 0.3) is 10.2 Å². The maximum atomic E-state index is 5.91. The number of hydrogen-bond donors (Lipinski definition) is 0. The molecule has 2 aromatic rings. The predicted molar refractivity (Wildman–Crippen MR) is 63.3 cm³/mol. The van der Waals surface area contributed by atoms with E-state index in [1.54, 1.807) is 11.3 Å². The Morgan fingerprint density at radius 2 is 2.00 bits per heavy atom. The van der Waals surface area contributed by atoms with Crippen molar-refractivity contribution in [2.45, 2.75) is 26.2 Å². The fraction of sp³-hybridized carbons (Fsp3) is 0.364. The summed E-state index contributed by atoms with van der Waals surface area (Å²) in [5.74, 6) is 0. The fourth-order valence-electron chi connectivity index (χ4n) is 1.51. The van der Waals surface area contributed by atoms with E-state index in [1.807, 2.05) is 12.1 Å². The molecule has 0 aliphatic rings. The van der Waals surface area contributed by atoms with Crippen molar-refractivity contribution >= 4 is 33.2 Å². The molecule has 0 bridgehead atoms. The molecule has 0 saturated carbocycles. The Balaban J connectivity index is 2.77. The van der Waals surface area contributed by atoms with Crippen LogP contribution in [0.2, 0.25) is 4.47 Å². The number of thiazole rings is 1. The van der Waals surface area contributed by atoms with Crippen LogP contribution in [-0.2, 0) is 5.41 Å². The molecule has 74 valence electrons. The van der Waals surface area contributed by atoms with Gasteiger partial charge < -0.3 is 0 Å². The molecule has 0 radical (unpaired) electrons. The van der Waals surface area contributed by atoms with Crippen molar-refractivity contribution in [3.63, 3.8) is 0 Å². The third-order valence-electron chi connectivity index (χ3n) is 2.20. The highest BCUT2D eigenvalue weighted by molar-refractivity contribution is 7.22. The minimum Gasteiger partial charge on any atom is -0.225 e. The molecule has 1 nitrogen and oxygen atoms in total. The molecular formula is C11H12ClNS. The van der Waals surface area contributed by atoms with Crippen LogP contribution in [0.4, 0.5) is 0 Å². The average Bonchev–Trinajstić information content (AvgIpc) is 2.41. The Morgan fingerprint density at radius 3 is 2.64 bits per heavy atom. The standard InChI is InChI=1S/C11H12ClNS/c1-11(2,3)7-5-4-6-8-9(7)14-10(12)13-8/h4-6H,1-3H3. The SMILES string of the molecule is CC(C)(C)c1cccc2nc(Cl)sc12. The van der Waals surface area contributed by atoms with Crippen molar-refractivity contribution in [2.75, 3.05) is 0 Å². The van der Waals surface area contributed by atoms with Gasteiger partial charge in [0.15, 0.2) is 4.47 Å². The van der Waals surface area contributed by atoms with Crippen molar-refractivity contribution in [1.29, 1.82) is 0 Å². The summed E-state index contributed by atoms with van der Waals surface area (Å²) in [4.78, 5) is 4.27. The van der Waals surface area contributed by atoms with E-state index in [1.165, 1.54) is 10.3 Å².